The molecule has 0 bridgehead atoms. The van der Waals surface area contributed by atoms with Crippen molar-refractivity contribution in [2.45, 2.75) is 52.4 Å². The second kappa shape index (κ2) is 25.3. The van der Waals surface area contributed by atoms with Gasteiger partial charge in [-0.25, -0.2) is 0 Å². The smallest absolute Gasteiger partial charge is 0 e. The Labute approximate surface area is 164 Å². The molecule has 1 rings (SSSR count). The van der Waals surface area contributed by atoms with E-state index < -0.39 is 0 Å². The summed E-state index contributed by atoms with van der Waals surface area (Å²) in [5, 5.41) is 1.72. The van der Waals surface area contributed by atoms with E-state index in [-0.39, 0.29) is 17.4 Å². The van der Waals surface area contributed by atoms with Crippen LogP contribution >= 0.6 is 15.0 Å². The van der Waals surface area contributed by atoms with Crippen LogP contribution in [0.3, 0.4) is 0 Å². The molecule has 0 amide bonds. The van der Waals surface area contributed by atoms with Crippen molar-refractivity contribution in [1.82, 2.24) is 0 Å². The first-order valence-corrected chi connectivity index (χ1v) is 10.4. The van der Waals surface area contributed by atoms with E-state index >= 15 is 0 Å². The van der Waals surface area contributed by atoms with Crippen LogP contribution in [-0.2, 0) is 51.5 Å². The predicted molar refractivity (Wildman–Crippen MR) is 85.5 cm³/mol. The number of hydrogen-bond acceptors (Lipinski definition) is 0. The number of hydrogen-bond donors (Lipinski definition) is 0. The van der Waals surface area contributed by atoms with Crippen LogP contribution in [0, 0.1) is 33.3 Å². The van der Waals surface area contributed by atoms with E-state index in [9.17, 15) is 0 Å². The monoisotopic (exact) mass is 472 g/mol. The van der Waals surface area contributed by atoms with E-state index in [1.54, 1.807) is 24.2 Å². The molecule has 0 aromatic carbocycles. The molecule has 0 aliphatic rings. The summed E-state index contributed by atoms with van der Waals surface area (Å²) in [5.41, 5.74) is 0.847. The normalized spacial score (nSPS) is 8.33. The van der Waals surface area contributed by atoms with Crippen molar-refractivity contribution in [2.75, 3.05) is 0 Å². The third-order valence-corrected chi connectivity index (χ3v) is 12.1. The van der Waals surface area contributed by atoms with Crippen molar-refractivity contribution in [2.24, 2.45) is 0 Å². The summed E-state index contributed by atoms with van der Waals surface area (Å²) in [7, 11) is 1.56. The summed E-state index contributed by atoms with van der Waals surface area (Å²) < 4.78 is 39.3. The molecule has 0 spiro atoms. The third kappa shape index (κ3) is 22.1. The molecule has 0 saturated heterocycles. The van der Waals surface area contributed by atoms with Crippen LogP contribution in [0.4, 0.5) is 0 Å². The fourth-order valence-corrected chi connectivity index (χ4v) is 11.4. The van der Waals surface area contributed by atoms with Gasteiger partial charge in [-0.15, -0.1) is 0 Å². The maximum absolute atomic E-state index is 7.50. The molecule has 0 aliphatic heterocycles. The first kappa shape index (κ1) is 39.2. The zero-order valence-electron chi connectivity index (χ0n) is 14.3. The van der Waals surface area contributed by atoms with Crippen LogP contribution in [0.25, 0.3) is 0 Å². The number of rotatable bonds is 0. The van der Waals surface area contributed by atoms with Crippen LogP contribution in [0.15, 0.2) is 0 Å². The summed E-state index contributed by atoms with van der Waals surface area (Å²) in [6.45, 7) is 38.2. The Hall–Kier alpha value is 0.0919. The molecule has 0 aliphatic carbocycles. The van der Waals surface area contributed by atoms with Crippen molar-refractivity contribution < 1.29 is 40.6 Å². The molecule has 5 nitrogen and oxygen atoms in total. The molecular weight excluding hydrogens is 453 g/mol. The van der Waals surface area contributed by atoms with Gasteiger partial charge in [0.05, 0.1) is 0 Å². The summed E-state index contributed by atoms with van der Waals surface area (Å²) >= 11 is 0.739. The van der Waals surface area contributed by atoms with Gasteiger partial charge in [-0.1, -0.05) is 0 Å². The molecule has 0 saturated carbocycles. The van der Waals surface area contributed by atoms with Crippen LogP contribution in [-0.4, -0.2) is 14.0 Å². The molecule has 24 heavy (non-hydrogen) atoms. The van der Waals surface area contributed by atoms with Crippen molar-refractivity contribution in [1.29, 1.82) is 0 Å². The summed E-state index contributed by atoms with van der Waals surface area (Å²) in [5.74, 6) is 0. The van der Waals surface area contributed by atoms with Crippen LogP contribution in [0.2, 0.25) is 0 Å². The molecule has 130 valence electrons. The first-order chi connectivity index (χ1) is 10.7. The predicted octanol–water partition coefficient (Wildman–Crippen LogP) is 4.31. The zero-order valence-corrected chi connectivity index (χ0v) is 19.0. The zero-order chi connectivity index (χ0) is 20.3. The van der Waals surface area contributed by atoms with E-state index in [2.05, 4.69) is 74.8 Å². The van der Waals surface area contributed by atoms with Crippen molar-refractivity contribution in [3.63, 3.8) is 0 Å². The third-order valence-electron chi connectivity index (χ3n) is 1.74. The fourth-order valence-electron chi connectivity index (χ4n) is 0.833. The fraction of sp³-hybridized carbons (Fsp3) is 0.533. The first-order valence-electron chi connectivity index (χ1n) is 5.58. The van der Waals surface area contributed by atoms with Gasteiger partial charge in [0.15, 0.2) is 0 Å². The standard InChI is InChI=1S/C10H18P2Se.5CO.Cr/c1-9(2,3)7-11-8(13-12-7)10(4,5)6;5*1-2;/h1-6H3;;;;;;. The van der Waals surface area contributed by atoms with Gasteiger partial charge in [-0.2, -0.15) is 0 Å². The van der Waals surface area contributed by atoms with Gasteiger partial charge in [-0.3, -0.25) is 0 Å². The minimum atomic E-state index is 0. The van der Waals surface area contributed by atoms with Crippen LogP contribution < -0.4 is 0 Å². The molecule has 1 heterocycles. The summed E-state index contributed by atoms with van der Waals surface area (Å²) in [4.78, 5) is 0. The van der Waals surface area contributed by atoms with Crippen molar-refractivity contribution in [3.05, 3.63) is 42.4 Å². The van der Waals surface area contributed by atoms with E-state index in [1.165, 1.54) is 0 Å². The minimum Gasteiger partial charge on any atom is 0 e. The van der Waals surface area contributed by atoms with Crippen molar-refractivity contribution >= 4 is 29.1 Å². The molecule has 9 heteroatoms. The second-order valence-corrected chi connectivity index (χ2v) is 11.5. The maximum atomic E-state index is 7.50. The second-order valence-electron chi connectivity index (χ2n) is 5.42. The Bertz CT molecular complexity index is 428. The average molecular weight is 471 g/mol. The van der Waals surface area contributed by atoms with Gasteiger partial charge in [-0.05, 0) is 0 Å². The molecule has 0 unspecified atom stereocenters. The summed E-state index contributed by atoms with van der Waals surface area (Å²) in [6.07, 6.45) is 0. The SMILES string of the molecule is CC(C)(C)c1p[se]c(C(C)(C)C)p1.[C-]#[O+].[C-]#[O+].[C-]#[O+].[C-]#[O+].[C-]#[O+].[Cr]. The van der Waals surface area contributed by atoms with Gasteiger partial charge in [0.2, 0.25) is 0 Å². The molecule has 1 aromatic heterocycles. The van der Waals surface area contributed by atoms with Gasteiger partial charge < -0.3 is 0 Å². The van der Waals surface area contributed by atoms with Crippen LogP contribution in [0.5, 0.6) is 0 Å². The van der Waals surface area contributed by atoms with Gasteiger partial charge >= 0.3 is 147 Å². The van der Waals surface area contributed by atoms with E-state index in [0.717, 1.165) is 14.0 Å². The van der Waals surface area contributed by atoms with Crippen LogP contribution in [0.1, 0.15) is 50.7 Å². The maximum Gasteiger partial charge on any atom is 0 e. The van der Waals surface area contributed by atoms with Gasteiger partial charge in [0, 0.05) is 17.4 Å². The van der Waals surface area contributed by atoms with Crippen molar-refractivity contribution in [3.8, 4) is 0 Å². The molecule has 0 radical (unpaired) electrons. The Morgan fingerprint density at radius 3 is 1.08 bits per heavy atom. The largest absolute Gasteiger partial charge is 0 e. The molecule has 1 aromatic rings. The Morgan fingerprint density at radius 1 is 0.667 bits per heavy atom. The minimum absolute atomic E-state index is 0. The quantitative estimate of drug-likeness (QED) is 0.306. The molecule has 0 fully saturated rings. The Morgan fingerprint density at radius 2 is 0.958 bits per heavy atom. The average Bonchev–Trinajstić information content (AvgIpc) is 3.08. The summed E-state index contributed by atoms with van der Waals surface area (Å²) in [6, 6.07) is 0. The molecular formula is C15H18CrO5P2Se. The van der Waals surface area contributed by atoms with Gasteiger partial charge in [0.25, 0.3) is 0 Å². The topological polar surface area (TPSA) is 99.5 Å². The van der Waals surface area contributed by atoms with E-state index in [0.29, 0.717) is 10.8 Å². The van der Waals surface area contributed by atoms with E-state index in [1.807, 2.05) is 0 Å². The Kier molecular flexibility index (Phi) is 41.4. The Balaban J connectivity index is -0.0000000634. The van der Waals surface area contributed by atoms with E-state index in [4.69, 9.17) is 23.3 Å². The van der Waals surface area contributed by atoms with Gasteiger partial charge in [0.1, 0.15) is 0 Å². The molecule has 0 N–H and O–H groups in total. The molecule has 0 atom stereocenters.